The number of alkyl halides is 1. The Labute approximate surface area is 116 Å². The monoisotopic (exact) mass is 269 g/mol. The summed E-state index contributed by atoms with van der Waals surface area (Å²) < 4.78 is 0. The summed E-state index contributed by atoms with van der Waals surface area (Å²) in [6.07, 6.45) is 4.98. The molecule has 0 saturated heterocycles. The molecule has 0 fully saturated rings. The molecule has 2 nitrogen and oxygen atoms in total. The lowest BCUT2D eigenvalue weighted by Crippen LogP contribution is -1.97. The van der Waals surface area contributed by atoms with Crippen molar-refractivity contribution < 1.29 is 4.79 Å². The summed E-state index contributed by atoms with van der Waals surface area (Å²) in [5.74, 6) is 0. The molecule has 0 saturated carbocycles. The molecule has 0 spiro atoms. The van der Waals surface area contributed by atoms with Gasteiger partial charge in [-0.25, -0.2) is 0 Å². The standard InChI is InChI=1S/C11H13N.C2H6.CH3Cl.CH2O/c1-2-5-10(6-3-1)9-11-7-4-8-12-11;3*1-2/h1-3,5-6H,4,7-9H2;1-2H3;1H3;1H2. The Balaban J connectivity index is 0. The van der Waals surface area contributed by atoms with Crippen LogP contribution in [0.25, 0.3) is 0 Å². The SMILES string of the molecule is C=O.CC.CCl.c1ccc(CC2=NCCC2)cc1. The minimum atomic E-state index is 1.04. The topological polar surface area (TPSA) is 29.4 Å². The summed E-state index contributed by atoms with van der Waals surface area (Å²) in [5.41, 5.74) is 2.76. The highest BCUT2D eigenvalue weighted by Crippen LogP contribution is 2.09. The van der Waals surface area contributed by atoms with Crippen LogP contribution in [0.3, 0.4) is 0 Å². The molecule has 0 aromatic heterocycles. The highest BCUT2D eigenvalue weighted by atomic mass is 35.5. The second-order valence-electron chi connectivity index (χ2n) is 3.21. The summed E-state index contributed by atoms with van der Waals surface area (Å²) in [6, 6.07) is 10.6. The van der Waals surface area contributed by atoms with Gasteiger partial charge in [0.25, 0.3) is 0 Å². The lowest BCUT2D eigenvalue weighted by molar-refractivity contribution is -0.0979. The predicted octanol–water partition coefficient (Wildman–Crippen LogP) is 4.16. The molecule has 0 radical (unpaired) electrons. The normalized spacial score (nSPS) is 11.7. The molecule has 0 unspecified atom stereocenters. The number of hydrogen-bond donors (Lipinski definition) is 0. The number of carbonyl (C=O) groups is 1. The van der Waals surface area contributed by atoms with Crippen molar-refractivity contribution in [2.75, 3.05) is 12.9 Å². The van der Waals surface area contributed by atoms with Crippen molar-refractivity contribution in [3.8, 4) is 0 Å². The van der Waals surface area contributed by atoms with Gasteiger partial charge in [0.15, 0.2) is 0 Å². The van der Waals surface area contributed by atoms with E-state index in [9.17, 15) is 0 Å². The zero-order valence-electron chi connectivity index (χ0n) is 11.7. The number of benzene rings is 1. The van der Waals surface area contributed by atoms with Crippen LogP contribution in [0.2, 0.25) is 0 Å². The van der Waals surface area contributed by atoms with E-state index in [4.69, 9.17) is 4.79 Å². The minimum Gasteiger partial charge on any atom is -0.307 e. The predicted molar refractivity (Wildman–Crippen MR) is 81.9 cm³/mol. The van der Waals surface area contributed by atoms with E-state index in [1.54, 1.807) is 0 Å². The first-order valence-corrected chi connectivity index (χ1v) is 6.93. The van der Waals surface area contributed by atoms with E-state index in [0.29, 0.717) is 0 Å². The van der Waals surface area contributed by atoms with E-state index in [0.717, 1.165) is 13.0 Å². The van der Waals surface area contributed by atoms with Crippen molar-refractivity contribution in [1.29, 1.82) is 0 Å². The average Bonchev–Trinajstić information content (AvgIpc) is 2.99. The van der Waals surface area contributed by atoms with Gasteiger partial charge in [0.1, 0.15) is 6.79 Å². The van der Waals surface area contributed by atoms with Crippen LogP contribution in [0.1, 0.15) is 32.3 Å². The van der Waals surface area contributed by atoms with Crippen LogP contribution in [0.4, 0.5) is 0 Å². The average molecular weight is 270 g/mol. The molecule has 102 valence electrons. The van der Waals surface area contributed by atoms with Crippen molar-refractivity contribution in [1.82, 2.24) is 0 Å². The van der Waals surface area contributed by atoms with Crippen molar-refractivity contribution >= 4 is 24.1 Å². The number of aliphatic imine (C=N–C) groups is 1. The van der Waals surface area contributed by atoms with E-state index in [-0.39, 0.29) is 0 Å². The molecule has 0 atom stereocenters. The zero-order valence-corrected chi connectivity index (χ0v) is 12.4. The second-order valence-corrected chi connectivity index (χ2v) is 3.21. The first-order valence-electron chi connectivity index (χ1n) is 6.18. The lowest BCUT2D eigenvalue weighted by Gasteiger charge is -1.99. The van der Waals surface area contributed by atoms with Gasteiger partial charge in [-0.1, -0.05) is 44.2 Å². The smallest absolute Gasteiger partial charge is 0.106 e. The Morgan fingerprint density at radius 3 is 2.17 bits per heavy atom. The van der Waals surface area contributed by atoms with E-state index in [2.05, 4.69) is 46.9 Å². The second kappa shape index (κ2) is 15.9. The zero-order chi connectivity index (χ0) is 14.2. The molecule has 3 heteroatoms. The number of nitrogens with zero attached hydrogens (tertiary/aromatic N) is 1. The van der Waals surface area contributed by atoms with E-state index in [1.807, 2.05) is 20.6 Å². The molecular weight excluding hydrogens is 246 g/mol. The molecule has 18 heavy (non-hydrogen) atoms. The summed E-state index contributed by atoms with van der Waals surface area (Å²) in [7, 11) is 0. The molecule has 0 bridgehead atoms. The Hall–Kier alpha value is -1.15. The maximum Gasteiger partial charge on any atom is 0.106 e. The van der Waals surface area contributed by atoms with Crippen molar-refractivity contribution in [2.45, 2.75) is 33.1 Å². The molecule has 1 aromatic carbocycles. The van der Waals surface area contributed by atoms with Gasteiger partial charge in [0, 0.05) is 25.1 Å². The van der Waals surface area contributed by atoms with Gasteiger partial charge in [0.2, 0.25) is 0 Å². The number of rotatable bonds is 2. The molecule has 0 aliphatic carbocycles. The lowest BCUT2D eigenvalue weighted by atomic mass is 10.1. The Bertz CT molecular complexity index is 299. The van der Waals surface area contributed by atoms with Gasteiger partial charge in [0.05, 0.1) is 0 Å². The quantitative estimate of drug-likeness (QED) is 0.742. The van der Waals surface area contributed by atoms with E-state index < -0.39 is 0 Å². The Morgan fingerprint density at radius 1 is 1.17 bits per heavy atom. The van der Waals surface area contributed by atoms with E-state index >= 15 is 0 Å². The van der Waals surface area contributed by atoms with Crippen molar-refractivity contribution in [3.63, 3.8) is 0 Å². The van der Waals surface area contributed by atoms with Crippen molar-refractivity contribution in [2.24, 2.45) is 4.99 Å². The minimum absolute atomic E-state index is 1.04. The molecule has 0 N–H and O–H groups in total. The van der Waals surface area contributed by atoms with Crippen LogP contribution in [0.5, 0.6) is 0 Å². The number of halogens is 1. The van der Waals surface area contributed by atoms with Crippen molar-refractivity contribution in [3.05, 3.63) is 35.9 Å². The first-order chi connectivity index (χ1) is 8.95. The molecule has 2 rings (SSSR count). The fourth-order valence-corrected chi connectivity index (χ4v) is 1.58. The fourth-order valence-electron chi connectivity index (χ4n) is 1.58. The Kier molecular flexibility index (Phi) is 16.9. The van der Waals surface area contributed by atoms with Crippen LogP contribution >= 0.6 is 11.6 Å². The molecule has 1 aliphatic heterocycles. The molecular formula is C15H24ClNO. The van der Waals surface area contributed by atoms with Gasteiger partial charge in [-0.3, -0.25) is 4.99 Å². The van der Waals surface area contributed by atoms with Crippen LogP contribution in [0.15, 0.2) is 35.3 Å². The molecule has 1 heterocycles. The molecule has 0 amide bonds. The number of carbonyl (C=O) groups excluding carboxylic acids is 1. The van der Waals surface area contributed by atoms with Crippen LogP contribution in [0, 0.1) is 0 Å². The van der Waals surface area contributed by atoms with E-state index in [1.165, 1.54) is 30.5 Å². The van der Waals surface area contributed by atoms with Crippen LogP contribution < -0.4 is 0 Å². The summed E-state index contributed by atoms with van der Waals surface area (Å²) in [6.45, 7) is 7.04. The molecule has 1 aliphatic rings. The largest absolute Gasteiger partial charge is 0.307 e. The summed E-state index contributed by atoms with van der Waals surface area (Å²) in [5, 5.41) is 0. The number of hydrogen-bond acceptors (Lipinski definition) is 2. The van der Waals surface area contributed by atoms with Gasteiger partial charge < -0.3 is 4.79 Å². The van der Waals surface area contributed by atoms with Crippen LogP contribution in [-0.4, -0.2) is 25.4 Å². The van der Waals surface area contributed by atoms with Gasteiger partial charge in [-0.2, -0.15) is 0 Å². The summed E-state index contributed by atoms with van der Waals surface area (Å²) in [4.78, 5) is 12.4. The third-order valence-electron chi connectivity index (χ3n) is 2.21. The third-order valence-corrected chi connectivity index (χ3v) is 2.21. The highest BCUT2D eigenvalue weighted by Gasteiger charge is 2.05. The first kappa shape index (κ1) is 19.2. The third kappa shape index (κ3) is 8.94. The van der Waals surface area contributed by atoms with Crippen LogP contribution in [-0.2, 0) is 11.2 Å². The van der Waals surface area contributed by atoms with Gasteiger partial charge in [-0.05, 0) is 18.4 Å². The Morgan fingerprint density at radius 2 is 1.72 bits per heavy atom. The highest BCUT2D eigenvalue weighted by molar-refractivity contribution is 6.15. The maximum atomic E-state index is 8.00. The fraction of sp³-hybridized carbons (Fsp3) is 0.467. The van der Waals surface area contributed by atoms with Gasteiger partial charge >= 0.3 is 0 Å². The van der Waals surface area contributed by atoms with Gasteiger partial charge in [-0.15, -0.1) is 11.6 Å². The summed E-state index contributed by atoms with van der Waals surface area (Å²) >= 11 is 4.64. The molecule has 1 aromatic rings. The maximum absolute atomic E-state index is 8.00.